The van der Waals surface area contributed by atoms with Gasteiger partial charge in [0.15, 0.2) is 0 Å². The standard InChI is InChI=1S/C80H48O2/c1-2-18-54-47-56(44-39-49(54)17-1)55-19-15-20-57(48-55)75-61-23-5-9-27-65(61)77(66-28-10-6-24-62(66)75)70-46-45-58(80-79(70)68-30-12-14-33-72(68)82-80)52-40-35-50(36-41-52)51-37-42-53(43-38-51)74-59-21-3-7-25-63(59)76(64-26-8-4-22-60(64)74)69-31-16-34-73-78(69)67-29-11-13-32-71(67)81-73/h1-48H. The van der Waals surface area contributed by atoms with Gasteiger partial charge in [-0.2, -0.15) is 0 Å². The van der Waals surface area contributed by atoms with E-state index in [-0.39, 0.29) is 0 Å². The third-order valence-corrected chi connectivity index (χ3v) is 17.3. The lowest BCUT2D eigenvalue weighted by atomic mass is 9.84. The van der Waals surface area contributed by atoms with Gasteiger partial charge in [-0.05, 0) is 163 Å². The summed E-state index contributed by atoms with van der Waals surface area (Å²) in [5, 5.41) is 16.7. The van der Waals surface area contributed by atoms with Gasteiger partial charge in [-0.1, -0.05) is 255 Å². The molecule has 0 spiro atoms. The van der Waals surface area contributed by atoms with Crippen LogP contribution in [0.1, 0.15) is 0 Å². The Hall–Kier alpha value is -10.8. The van der Waals surface area contributed by atoms with E-state index in [1.54, 1.807) is 0 Å². The Morgan fingerprint density at radius 2 is 0.573 bits per heavy atom. The average Bonchev–Trinajstić information content (AvgIpc) is 2.46. The Bertz CT molecular complexity index is 5330. The molecule has 2 nitrogen and oxygen atoms in total. The molecule has 0 saturated heterocycles. The molecule has 0 aliphatic carbocycles. The van der Waals surface area contributed by atoms with Gasteiger partial charge in [-0.25, -0.2) is 0 Å². The van der Waals surface area contributed by atoms with Gasteiger partial charge < -0.3 is 8.83 Å². The molecule has 0 fully saturated rings. The molecule has 0 bridgehead atoms. The van der Waals surface area contributed by atoms with Crippen LogP contribution >= 0.6 is 0 Å². The highest BCUT2D eigenvalue weighted by Gasteiger charge is 2.24. The van der Waals surface area contributed by atoms with Crippen LogP contribution in [0.5, 0.6) is 0 Å². The fraction of sp³-hybridized carbons (Fsp3) is 0. The summed E-state index contributed by atoms with van der Waals surface area (Å²) >= 11 is 0. The number of hydrogen-bond acceptors (Lipinski definition) is 2. The van der Waals surface area contributed by atoms with E-state index in [1.807, 2.05) is 6.07 Å². The van der Waals surface area contributed by atoms with Crippen LogP contribution in [0.3, 0.4) is 0 Å². The molecule has 0 aliphatic heterocycles. The van der Waals surface area contributed by atoms with Crippen LogP contribution < -0.4 is 0 Å². The molecule has 17 aromatic rings. The highest BCUT2D eigenvalue weighted by Crippen LogP contribution is 2.51. The number of furan rings is 2. The summed E-state index contributed by atoms with van der Waals surface area (Å²) in [6, 6.07) is 106. The second kappa shape index (κ2) is 18.4. The molecule has 380 valence electrons. The van der Waals surface area contributed by atoms with E-state index in [9.17, 15) is 0 Å². The lowest BCUT2D eigenvalue weighted by Gasteiger charge is -2.19. The maximum atomic E-state index is 6.99. The molecule has 0 N–H and O–H groups in total. The van der Waals surface area contributed by atoms with E-state index in [0.717, 1.165) is 71.7 Å². The van der Waals surface area contributed by atoms with Crippen LogP contribution in [0.15, 0.2) is 300 Å². The second-order valence-electron chi connectivity index (χ2n) is 21.7. The van der Waals surface area contributed by atoms with Gasteiger partial charge in [-0.15, -0.1) is 0 Å². The predicted molar refractivity (Wildman–Crippen MR) is 347 cm³/mol. The minimum atomic E-state index is 0.873. The molecule has 0 aliphatic rings. The van der Waals surface area contributed by atoms with E-state index in [4.69, 9.17) is 8.83 Å². The number of hydrogen-bond donors (Lipinski definition) is 0. The van der Waals surface area contributed by atoms with Crippen LogP contribution in [0.4, 0.5) is 0 Å². The number of fused-ring (bicyclic) bond motifs is 11. The first-order chi connectivity index (χ1) is 40.7. The fourth-order valence-corrected chi connectivity index (χ4v) is 13.6. The topological polar surface area (TPSA) is 26.3 Å². The van der Waals surface area contributed by atoms with Crippen molar-refractivity contribution in [3.63, 3.8) is 0 Å². The SMILES string of the molecule is c1cc(-c2ccc3ccccc3c2)cc(-c2c3ccccc3c(-c3ccc(-c4ccc(-c5ccc(-c6c7ccccc7c(-c7cccc8oc9ccccc9c78)c7ccccc67)cc5)cc4)c4oc5ccccc5c34)c3ccccc23)c1. The van der Waals surface area contributed by atoms with E-state index >= 15 is 0 Å². The van der Waals surface area contributed by atoms with Gasteiger partial charge >= 0.3 is 0 Å². The molecule has 0 saturated carbocycles. The summed E-state index contributed by atoms with van der Waals surface area (Å²) in [7, 11) is 0. The molecule has 82 heavy (non-hydrogen) atoms. The van der Waals surface area contributed by atoms with Crippen molar-refractivity contribution in [1.82, 2.24) is 0 Å². The first kappa shape index (κ1) is 46.1. The van der Waals surface area contributed by atoms with Crippen LogP contribution in [0.25, 0.3) is 176 Å². The Kier molecular flexibility index (Phi) is 10.3. The normalized spacial score (nSPS) is 11.9. The number of para-hydroxylation sites is 2. The van der Waals surface area contributed by atoms with Crippen molar-refractivity contribution in [2.75, 3.05) is 0 Å². The van der Waals surface area contributed by atoms with Gasteiger partial charge in [0, 0.05) is 27.1 Å². The summed E-state index contributed by atoms with van der Waals surface area (Å²) in [5.41, 5.74) is 20.1. The van der Waals surface area contributed by atoms with Crippen molar-refractivity contribution in [3.8, 4) is 77.9 Å². The lowest BCUT2D eigenvalue weighted by molar-refractivity contribution is 0.669. The first-order valence-electron chi connectivity index (χ1n) is 28.2. The zero-order valence-corrected chi connectivity index (χ0v) is 44.5. The zero-order valence-electron chi connectivity index (χ0n) is 44.5. The molecule has 0 radical (unpaired) electrons. The molecule has 15 aromatic carbocycles. The summed E-state index contributed by atoms with van der Waals surface area (Å²) < 4.78 is 13.4. The summed E-state index contributed by atoms with van der Waals surface area (Å²) in [4.78, 5) is 0. The number of rotatable bonds is 7. The zero-order chi connectivity index (χ0) is 53.8. The summed E-state index contributed by atoms with van der Waals surface area (Å²) in [5.74, 6) is 0. The maximum absolute atomic E-state index is 6.99. The van der Waals surface area contributed by atoms with Crippen molar-refractivity contribution in [2.24, 2.45) is 0 Å². The Balaban J connectivity index is 0.757. The third kappa shape index (κ3) is 7.15. The molecule has 2 aromatic heterocycles. The molecule has 2 heteroatoms. The van der Waals surface area contributed by atoms with Gasteiger partial charge in [-0.3, -0.25) is 0 Å². The largest absolute Gasteiger partial charge is 0.456 e. The van der Waals surface area contributed by atoms with Gasteiger partial charge in [0.25, 0.3) is 0 Å². The second-order valence-corrected chi connectivity index (χ2v) is 21.7. The Morgan fingerprint density at radius 3 is 1.17 bits per heavy atom. The predicted octanol–water partition coefficient (Wildman–Crippen LogP) is 22.9. The highest BCUT2D eigenvalue weighted by molar-refractivity contribution is 6.28. The van der Waals surface area contributed by atoms with Gasteiger partial charge in [0.1, 0.15) is 22.3 Å². The molecule has 0 unspecified atom stereocenters. The fourth-order valence-electron chi connectivity index (χ4n) is 13.6. The minimum Gasteiger partial charge on any atom is -0.456 e. The Labute approximate surface area is 473 Å². The van der Waals surface area contributed by atoms with Crippen molar-refractivity contribution in [1.29, 1.82) is 0 Å². The molecule has 0 amide bonds. The smallest absolute Gasteiger partial charge is 0.143 e. The molecular formula is C80H48O2. The summed E-state index contributed by atoms with van der Waals surface area (Å²) in [6.45, 7) is 0. The van der Waals surface area contributed by atoms with Crippen LogP contribution in [0.2, 0.25) is 0 Å². The first-order valence-corrected chi connectivity index (χ1v) is 28.2. The van der Waals surface area contributed by atoms with Gasteiger partial charge in [0.05, 0.1) is 0 Å². The molecule has 0 atom stereocenters. The minimum absolute atomic E-state index is 0.873. The maximum Gasteiger partial charge on any atom is 0.143 e. The molecule has 17 rings (SSSR count). The number of benzene rings is 15. The highest BCUT2D eigenvalue weighted by atomic mass is 16.3. The average molecular weight is 1040 g/mol. The third-order valence-electron chi connectivity index (χ3n) is 17.3. The van der Waals surface area contributed by atoms with Crippen molar-refractivity contribution in [2.45, 2.75) is 0 Å². The van der Waals surface area contributed by atoms with Crippen molar-refractivity contribution in [3.05, 3.63) is 291 Å². The van der Waals surface area contributed by atoms with Crippen molar-refractivity contribution >= 4 is 97.7 Å². The Morgan fingerprint density at radius 1 is 0.183 bits per heavy atom. The van der Waals surface area contributed by atoms with Crippen LogP contribution in [0, 0.1) is 0 Å². The van der Waals surface area contributed by atoms with Crippen molar-refractivity contribution < 1.29 is 8.83 Å². The van der Waals surface area contributed by atoms with Gasteiger partial charge in [0.2, 0.25) is 0 Å². The van der Waals surface area contributed by atoms with E-state index < -0.39 is 0 Å². The van der Waals surface area contributed by atoms with E-state index in [1.165, 1.54) is 104 Å². The molecular weight excluding hydrogens is 993 g/mol. The van der Waals surface area contributed by atoms with E-state index in [0.29, 0.717) is 0 Å². The molecule has 2 heterocycles. The lowest BCUT2D eigenvalue weighted by Crippen LogP contribution is -1.92. The monoisotopic (exact) mass is 1040 g/mol. The van der Waals surface area contributed by atoms with Crippen LogP contribution in [-0.4, -0.2) is 0 Å². The van der Waals surface area contributed by atoms with E-state index in [2.05, 4.69) is 285 Å². The quantitative estimate of drug-likeness (QED) is 0.149. The van der Waals surface area contributed by atoms with Crippen LogP contribution in [-0.2, 0) is 0 Å². The summed E-state index contributed by atoms with van der Waals surface area (Å²) in [6.07, 6.45) is 0.